The monoisotopic (exact) mass is 366 g/mol. The number of rotatable bonds is 5. The normalized spacial score (nSPS) is 13.3. The highest BCUT2D eigenvalue weighted by Crippen LogP contribution is 2.19. The molecule has 3 amide bonds. The average molecular weight is 366 g/mol. The van der Waals surface area contributed by atoms with Crippen molar-refractivity contribution in [1.29, 1.82) is 0 Å². The maximum absolute atomic E-state index is 12.3. The number of anilines is 2. The number of carbonyl (C=O) groups excluding carboxylic acids is 2. The SMILES string of the molecule is O=C(Cn1c(=O)oc2ccccc21)Nc1ccc(NC(=O)NC2CC2)cc1. The zero-order valence-electron chi connectivity index (χ0n) is 14.4. The third-order valence-corrected chi connectivity index (χ3v) is 4.21. The van der Waals surface area contributed by atoms with Gasteiger partial charge in [0.2, 0.25) is 5.91 Å². The second-order valence-corrected chi connectivity index (χ2v) is 6.42. The van der Waals surface area contributed by atoms with Crippen LogP contribution in [-0.2, 0) is 11.3 Å². The molecule has 0 aliphatic heterocycles. The summed E-state index contributed by atoms with van der Waals surface area (Å²) in [5.74, 6) is -0.927. The maximum Gasteiger partial charge on any atom is 0.420 e. The number of nitrogens with one attached hydrogen (secondary N) is 3. The molecule has 4 rings (SSSR count). The van der Waals surface area contributed by atoms with Gasteiger partial charge in [-0.3, -0.25) is 9.36 Å². The van der Waals surface area contributed by atoms with Crippen LogP contribution in [0.5, 0.6) is 0 Å². The first kappa shape index (κ1) is 16.9. The Morgan fingerprint density at radius 1 is 1.00 bits per heavy atom. The molecule has 1 aliphatic carbocycles. The number of oxazole rings is 1. The van der Waals surface area contributed by atoms with Gasteiger partial charge in [0, 0.05) is 17.4 Å². The minimum atomic E-state index is -0.576. The molecule has 0 atom stereocenters. The lowest BCUT2D eigenvalue weighted by Crippen LogP contribution is -2.30. The van der Waals surface area contributed by atoms with E-state index in [1.54, 1.807) is 48.5 Å². The highest BCUT2D eigenvalue weighted by molar-refractivity contribution is 5.93. The first-order valence-electron chi connectivity index (χ1n) is 8.64. The third kappa shape index (κ3) is 4.00. The molecule has 1 aliphatic rings. The molecule has 0 bridgehead atoms. The Morgan fingerprint density at radius 3 is 2.37 bits per heavy atom. The summed E-state index contributed by atoms with van der Waals surface area (Å²) in [7, 11) is 0. The van der Waals surface area contributed by atoms with Crippen molar-refractivity contribution in [2.75, 3.05) is 10.6 Å². The number of carbonyl (C=O) groups is 2. The minimum Gasteiger partial charge on any atom is -0.408 e. The van der Waals surface area contributed by atoms with E-state index >= 15 is 0 Å². The van der Waals surface area contributed by atoms with Gasteiger partial charge in [0.05, 0.1) is 5.52 Å². The van der Waals surface area contributed by atoms with E-state index in [0.717, 1.165) is 12.8 Å². The lowest BCUT2D eigenvalue weighted by molar-refractivity contribution is -0.116. The molecule has 0 unspecified atom stereocenters. The van der Waals surface area contributed by atoms with Crippen LogP contribution in [0.15, 0.2) is 57.7 Å². The van der Waals surface area contributed by atoms with Crippen LogP contribution in [0.1, 0.15) is 12.8 Å². The molecule has 1 fully saturated rings. The number of hydrogen-bond acceptors (Lipinski definition) is 4. The maximum atomic E-state index is 12.3. The average Bonchev–Trinajstić information content (AvgIpc) is 3.40. The van der Waals surface area contributed by atoms with E-state index in [1.807, 2.05) is 0 Å². The van der Waals surface area contributed by atoms with Crippen molar-refractivity contribution in [3.05, 3.63) is 59.1 Å². The fraction of sp³-hybridized carbons (Fsp3) is 0.211. The molecule has 2 aromatic carbocycles. The number of benzene rings is 2. The number of aromatic nitrogens is 1. The van der Waals surface area contributed by atoms with Gasteiger partial charge in [0.15, 0.2) is 5.58 Å². The van der Waals surface area contributed by atoms with Crippen molar-refractivity contribution < 1.29 is 14.0 Å². The van der Waals surface area contributed by atoms with Crippen molar-refractivity contribution in [3.63, 3.8) is 0 Å². The zero-order valence-corrected chi connectivity index (χ0v) is 14.4. The van der Waals surface area contributed by atoms with E-state index in [0.29, 0.717) is 22.5 Å². The van der Waals surface area contributed by atoms with Gasteiger partial charge in [-0.1, -0.05) is 12.1 Å². The standard InChI is InChI=1S/C19H18N4O4/c24-17(11-23-15-3-1-2-4-16(15)27-19(23)26)20-12-5-7-13(8-6-12)21-18(25)22-14-9-10-14/h1-8,14H,9-11H2,(H,20,24)(H2,21,22,25). The van der Waals surface area contributed by atoms with Crippen molar-refractivity contribution in [1.82, 2.24) is 9.88 Å². The summed E-state index contributed by atoms with van der Waals surface area (Å²) in [6.45, 7) is -0.153. The highest BCUT2D eigenvalue weighted by atomic mass is 16.4. The number of para-hydroxylation sites is 2. The Hall–Kier alpha value is -3.55. The zero-order chi connectivity index (χ0) is 18.8. The lowest BCUT2D eigenvalue weighted by atomic mass is 10.2. The van der Waals surface area contributed by atoms with E-state index in [2.05, 4.69) is 16.0 Å². The van der Waals surface area contributed by atoms with Gasteiger partial charge >= 0.3 is 11.8 Å². The summed E-state index contributed by atoms with van der Waals surface area (Å²) in [4.78, 5) is 35.9. The highest BCUT2D eigenvalue weighted by Gasteiger charge is 2.23. The Bertz CT molecular complexity index is 1050. The van der Waals surface area contributed by atoms with Gasteiger partial charge in [-0.15, -0.1) is 0 Å². The molecule has 3 aromatic rings. The van der Waals surface area contributed by atoms with Gasteiger partial charge in [0.1, 0.15) is 6.54 Å². The van der Waals surface area contributed by atoms with Gasteiger partial charge in [-0.25, -0.2) is 9.59 Å². The number of nitrogens with zero attached hydrogens (tertiary/aromatic N) is 1. The third-order valence-electron chi connectivity index (χ3n) is 4.21. The molecule has 138 valence electrons. The van der Waals surface area contributed by atoms with E-state index in [9.17, 15) is 14.4 Å². The van der Waals surface area contributed by atoms with E-state index in [4.69, 9.17) is 4.42 Å². The van der Waals surface area contributed by atoms with Crippen LogP contribution < -0.4 is 21.7 Å². The molecule has 8 heteroatoms. The number of amides is 3. The summed E-state index contributed by atoms with van der Waals surface area (Å²) < 4.78 is 6.40. The molecule has 1 aromatic heterocycles. The predicted molar refractivity (Wildman–Crippen MR) is 101 cm³/mol. The summed E-state index contributed by atoms with van der Waals surface area (Å²) in [5.41, 5.74) is 2.20. The number of urea groups is 1. The largest absolute Gasteiger partial charge is 0.420 e. The molecule has 0 saturated heterocycles. The molecule has 0 radical (unpaired) electrons. The van der Waals surface area contributed by atoms with Crippen LogP contribution in [0, 0.1) is 0 Å². The minimum absolute atomic E-state index is 0.153. The Balaban J connectivity index is 1.38. The van der Waals surface area contributed by atoms with Crippen LogP contribution in [0.25, 0.3) is 11.1 Å². The Morgan fingerprint density at radius 2 is 1.67 bits per heavy atom. The first-order valence-corrected chi connectivity index (χ1v) is 8.64. The molecule has 3 N–H and O–H groups in total. The Labute approximate surface area is 154 Å². The first-order chi connectivity index (χ1) is 13.1. The van der Waals surface area contributed by atoms with Gasteiger partial charge in [-0.05, 0) is 49.2 Å². The summed E-state index contributed by atoms with van der Waals surface area (Å²) in [6, 6.07) is 13.7. The summed E-state index contributed by atoms with van der Waals surface area (Å²) in [5, 5.41) is 8.30. The smallest absolute Gasteiger partial charge is 0.408 e. The number of fused-ring (bicyclic) bond motifs is 1. The molecule has 1 saturated carbocycles. The van der Waals surface area contributed by atoms with E-state index in [-0.39, 0.29) is 24.5 Å². The van der Waals surface area contributed by atoms with Crippen LogP contribution in [-0.4, -0.2) is 22.5 Å². The van der Waals surface area contributed by atoms with Crippen molar-refractivity contribution in [3.8, 4) is 0 Å². The van der Waals surface area contributed by atoms with Gasteiger partial charge in [0.25, 0.3) is 0 Å². The fourth-order valence-electron chi connectivity index (χ4n) is 2.72. The topological polar surface area (TPSA) is 105 Å². The summed E-state index contributed by atoms with van der Waals surface area (Å²) >= 11 is 0. The van der Waals surface area contributed by atoms with E-state index < -0.39 is 5.76 Å². The quantitative estimate of drug-likeness (QED) is 0.645. The second-order valence-electron chi connectivity index (χ2n) is 6.42. The van der Waals surface area contributed by atoms with Crippen molar-refractivity contribution in [2.24, 2.45) is 0 Å². The molecule has 8 nitrogen and oxygen atoms in total. The molecular formula is C19H18N4O4. The van der Waals surface area contributed by atoms with Crippen molar-refractivity contribution in [2.45, 2.75) is 25.4 Å². The van der Waals surface area contributed by atoms with Crippen LogP contribution >= 0.6 is 0 Å². The second kappa shape index (κ2) is 6.99. The van der Waals surface area contributed by atoms with Crippen LogP contribution in [0.4, 0.5) is 16.2 Å². The molecular weight excluding hydrogens is 348 g/mol. The molecule has 0 spiro atoms. The fourth-order valence-corrected chi connectivity index (χ4v) is 2.72. The van der Waals surface area contributed by atoms with Crippen molar-refractivity contribution >= 4 is 34.4 Å². The van der Waals surface area contributed by atoms with Crippen LogP contribution in [0.2, 0.25) is 0 Å². The molecule has 1 heterocycles. The Kier molecular flexibility index (Phi) is 4.37. The van der Waals surface area contributed by atoms with Gasteiger partial charge in [-0.2, -0.15) is 0 Å². The predicted octanol–water partition coefficient (Wildman–Crippen LogP) is 2.52. The van der Waals surface area contributed by atoms with Crippen LogP contribution in [0.3, 0.4) is 0 Å². The number of hydrogen-bond donors (Lipinski definition) is 3. The lowest BCUT2D eigenvalue weighted by Gasteiger charge is -2.09. The van der Waals surface area contributed by atoms with Gasteiger partial charge < -0.3 is 20.4 Å². The summed E-state index contributed by atoms with van der Waals surface area (Å²) in [6.07, 6.45) is 2.04. The van der Waals surface area contributed by atoms with E-state index in [1.165, 1.54) is 4.57 Å². The molecule has 27 heavy (non-hydrogen) atoms.